The molecule has 2 N–H and O–H groups in total. The van der Waals surface area contributed by atoms with Crippen LogP contribution in [0.5, 0.6) is 5.75 Å². The van der Waals surface area contributed by atoms with Crippen molar-refractivity contribution in [1.82, 2.24) is 10.3 Å². The third-order valence-corrected chi connectivity index (χ3v) is 6.04. The summed E-state index contributed by atoms with van der Waals surface area (Å²) >= 11 is 0. The number of fused-ring (bicyclic) bond motifs is 2. The molecule has 0 saturated carbocycles. The van der Waals surface area contributed by atoms with Gasteiger partial charge in [-0.2, -0.15) is 0 Å². The standard InChI is InChI=1S/C29H26N2O4/c1-29(2,28(32)33)35-24-16-7-4-11-20(24)18-30-26(27-31-23-15-6-8-17-25(23)34-27)22-14-9-12-19-10-3-5-13-21(19)22/h3-17,26,30H,18H2,1-2H3,(H,32,33). The lowest BCUT2D eigenvalue weighted by atomic mass is 9.98. The molecule has 6 nitrogen and oxygen atoms in total. The number of oxazole rings is 1. The van der Waals surface area contributed by atoms with Gasteiger partial charge in [-0.3, -0.25) is 5.32 Å². The average Bonchev–Trinajstić information content (AvgIpc) is 3.29. The van der Waals surface area contributed by atoms with Gasteiger partial charge in [0.1, 0.15) is 17.3 Å². The number of nitrogens with zero attached hydrogens (tertiary/aromatic N) is 1. The average molecular weight is 467 g/mol. The van der Waals surface area contributed by atoms with E-state index in [0.29, 0.717) is 18.2 Å². The van der Waals surface area contributed by atoms with Gasteiger partial charge in [-0.1, -0.05) is 72.8 Å². The maximum atomic E-state index is 11.6. The van der Waals surface area contributed by atoms with Crippen molar-refractivity contribution in [3.8, 4) is 5.75 Å². The molecule has 0 aliphatic heterocycles. The van der Waals surface area contributed by atoms with Crippen molar-refractivity contribution >= 4 is 27.8 Å². The van der Waals surface area contributed by atoms with Crippen LogP contribution >= 0.6 is 0 Å². The molecule has 5 rings (SSSR count). The molecule has 0 aliphatic carbocycles. The molecule has 0 saturated heterocycles. The second kappa shape index (κ2) is 9.24. The van der Waals surface area contributed by atoms with Crippen molar-refractivity contribution in [1.29, 1.82) is 0 Å². The topological polar surface area (TPSA) is 84.6 Å². The van der Waals surface area contributed by atoms with E-state index < -0.39 is 11.6 Å². The number of para-hydroxylation sites is 3. The van der Waals surface area contributed by atoms with E-state index in [0.717, 1.165) is 33.0 Å². The van der Waals surface area contributed by atoms with E-state index in [-0.39, 0.29) is 6.04 Å². The van der Waals surface area contributed by atoms with Gasteiger partial charge in [0.15, 0.2) is 11.2 Å². The number of benzene rings is 4. The molecule has 176 valence electrons. The zero-order valence-electron chi connectivity index (χ0n) is 19.6. The highest BCUT2D eigenvalue weighted by Crippen LogP contribution is 2.32. The summed E-state index contributed by atoms with van der Waals surface area (Å²) in [5.41, 5.74) is 2.04. The van der Waals surface area contributed by atoms with Crippen molar-refractivity contribution < 1.29 is 19.1 Å². The Morgan fingerprint density at radius 2 is 1.69 bits per heavy atom. The number of hydrogen-bond donors (Lipinski definition) is 2. The van der Waals surface area contributed by atoms with Gasteiger partial charge < -0.3 is 14.3 Å². The SMILES string of the molecule is CC(C)(Oc1ccccc1CNC(c1nc2ccccc2o1)c1cccc2ccccc12)C(=O)O. The lowest BCUT2D eigenvalue weighted by molar-refractivity contribution is -0.152. The van der Waals surface area contributed by atoms with Gasteiger partial charge in [-0.05, 0) is 48.4 Å². The van der Waals surface area contributed by atoms with Gasteiger partial charge in [-0.25, -0.2) is 9.78 Å². The van der Waals surface area contributed by atoms with Gasteiger partial charge >= 0.3 is 5.97 Å². The fourth-order valence-corrected chi connectivity index (χ4v) is 4.13. The van der Waals surface area contributed by atoms with Crippen LogP contribution in [0, 0.1) is 0 Å². The molecule has 0 radical (unpaired) electrons. The highest BCUT2D eigenvalue weighted by Gasteiger charge is 2.30. The molecule has 1 atom stereocenters. The van der Waals surface area contributed by atoms with Crippen LogP contribution in [-0.4, -0.2) is 21.7 Å². The number of carboxylic acid groups (broad SMARTS) is 1. The Morgan fingerprint density at radius 1 is 0.971 bits per heavy atom. The van der Waals surface area contributed by atoms with Crippen molar-refractivity contribution in [3.63, 3.8) is 0 Å². The van der Waals surface area contributed by atoms with Gasteiger partial charge in [0, 0.05) is 12.1 Å². The molecule has 0 bridgehead atoms. The van der Waals surface area contributed by atoms with Crippen LogP contribution in [0.25, 0.3) is 21.9 Å². The molecule has 5 aromatic rings. The predicted octanol–water partition coefficient (Wildman–Crippen LogP) is 6.10. The minimum absolute atomic E-state index is 0.339. The monoisotopic (exact) mass is 466 g/mol. The summed E-state index contributed by atoms with van der Waals surface area (Å²) in [5.74, 6) is 0.0498. The zero-order valence-corrected chi connectivity index (χ0v) is 19.6. The maximum absolute atomic E-state index is 11.6. The van der Waals surface area contributed by atoms with Crippen molar-refractivity contribution in [2.24, 2.45) is 0 Å². The summed E-state index contributed by atoms with van der Waals surface area (Å²) < 4.78 is 12.1. The minimum atomic E-state index is -1.36. The molecule has 1 heterocycles. The first-order valence-corrected chi connectivity index (χ1v) is 11.5. The van der Waals surface area contributed by atoms with E-state index >= 15 is 0 Å². The van der Waals surface area contributed by atoms with Gasteiger partial charge in [-0.15, -0.1) is 0 Å². The van der Waals surface area contributed by atoms with Gasteiger partial charge in [0.25, 0.3) is 0 Å². The number of ether oxygens (including phenoxy) is 1. The van der Waals surface area contributed by atoms with Crippen LogP contribution in [-0.2, 0) is 11.3 Å². The largest absolute Gasteiger partial charge is 0.478 e. The van der Waals surface area contributed by atoms with Crippen molar-refractivity contribution in [3.05, 3.63) is 108 Å². The fourth-order valence-electron chi connectivity index (χ4n) is 4.13. The summed E-state index contributed by atoms with van der Waals surface area (Å²) in [6.45, 7) is 3.49. The van der Waals surface area contributed by atoms with Crippen LogP contribution < -0.4 is 10.1 Å². The van der Waals surface area contributed by atoms with Crippen LogP contribution in [0.2, 0.25) is 0 Å². The summed E-state index contributed by atoms with van der Waals surface area (Å²) in [6.07, 6.45) is 0. The molecule has 0 aliphatic rings. The second-order valence-corrected chi connectivity index (χ2v) is 8.93. The highest BCUT2D eigenvalue weighted by atomic mass is 16.5. The number of carboxylic acids is 1. The number of nitrogens with one attached hydrogen (secondary N) is 1. The van der Waals surface area contributed by atoms with Gasteiger partial charge in [0.05, 0.1) is 0 Å². The summed E-state index contributed by atoms with van der Waals surface area (Å²) in [7, 11) is 0. The zero-order chi connectivity index (χ0) is 24.4. The maximum Gasteiger partial charge on any atom is 0.347 e. The number of hydrogen-bond acceptors (Lipinski definition) is 5. The third-order valence-electron chi connectivity index (χ3n) is 6.04. The van der Waals surface area contributed by atoms with E-state index in [1.165, 1.54) is 13.8 Å². The Morgan fingerprint density at radius 3 is 2.51 bits per heavy atom. The number of aliphatic carboxylic acids is 1. The first-order valence-electron chi connectivity index (χ1n) is 11.5. The number of aromatic nitrogens is 1. The summed E-state index contributed by atoms with van der Waals surface area (Å²) in [5, 5.41) is 15.3. The smallest absolute Gasteiger partial charge is 0.347 e. The van der Waals surface area contributed by atoms with E-state index in [4.69, 9.17) is 14.1 Å². The van der Waals surface area contributed by atoms with Crippen LogP contribution in [0.4, 0.5) is 0 Å². The van der Waals surface area contributed by atoms with Crippen LogP contribution in [0.1, 0.15) is 36.9 Å². The quantitative estimate of drug-likeness (QED) is 0.287. The normalized spacial score (nSPS) is 12.6. The van der Waals surface area contributed by atoms with Crippen LogP contribution in [0.15, 0.2) is 95.4 Å². The molecule has 6 heteroatoms. The molecular weight excluding hydrogens is 440 g/mol. The first kappa shape index (κ1) is 22.6. The molecule has 4 aromatic carbocycles. The Kier molecular flexibility index (Phi) is 5.97. The van der Waals surface area contributed by atoms with Gasteiger partial charge in [0.2, 0.25) is 5.89 Å². The first-order chi connectivity index (χ1) is 16.9. The minimum Gasteiger partial charge on any atom is -0.478 e. The van der Waals surface area contributed by atoms with E-state index in [1.807, 2.05) is 60.7 Å². The molecular formula is C29H26N2O4. The molecule has 35 heavy (non-hydrogen) atoms. The molecule has 0 spiro atoms. The van der Waals surface area contributed by atoms with Crippen molar-refractivity contribution in [2.75, 3.05) is 0 Å². The number of rotatable bonds is 8. The third kappa shape index (κ3) is 4.61. The lowest BCUT2D eigenvalue weighted by Gasteiger charge is -2.24. The summed E-state index contributed by atoms with van der Waals surface area (Å²) in [4.78, 5) is 16.4. The lowest BCUT2D eigenvalue weighted by Crippen LogP contribution is -2.38. The van der Waals surface area contributed by atoms with Crippen LogP contribution in [0.3, 0.4) is 0 Å². The second-order valence-electron chi connectivity index (χ2n) is 8.93. The number of carbonyl (C=O) groups is 1. The predicted molar refractivity (Wildman–Crippen MR) is 135 cm³/mol. The molecule has 1 aromatic heterocycles. The molecule has 0 amide bonds. The molecule has 1 unspecified atom stereocenters. The van der Waals surface area contributed by atoms with E-state index in [2.05, 4.69) is 29.6 Å². The van der Waals surface area contributed by atoms with E-state index in [1.54, 1.807) is 6.07 Å². The highest BCUT2D eigenvalue weighted by molar-refractivity contribution is 5.86. The fraction of sp³-hybridized carbons (Fsp3) is 0.172. The Balaban J connectivity index is 1.54. The Bertz CT molecular complexity index is 1470. The Labute approximate surface area is 203 Å². The molecule has 0 fully saturated rings. The van der Waals surface area contributed by atoms with E-state index in [9.17, 15) is 9.90 Å². The summed E-state index contributed by atoms with van der Waals surface area (Å²) in [6, 6.07) is 29.2. The Hall–Kier alpha value is -4.16. The van der Waals surface area contributed by atoms with Crippen molar-refractivity contribution in [2.45, 2.75) is 32.0 Å².